The van der Waals surface area contributed by atoms with Crippen molar-refractivity contribution in [3.05, 3.63) is 29.3 Å². The Kier molecular flexibility index (Phi) is 3.95. The molecular formula is C17H22N2O2. The van der Waals surface area contributed by atoms with Gasteiger partial charge in [-0.15, -0.1) is 0 Å². The molecule has 0 unspecified atom stereocenters. The maximum Gasteiger partial charge on any atom is 0.253 e. The second-order valence-electron chi connectivity index (χ2n) is 5.92. The van der Waals surface area contributed by atoms with Gasteiger partial charge < -0.3 is 9.80 Å². The maximum absolute atomic E-state index is 12.5. The summed E-state index contributed by atoms with van der Waals surface area (Å²) in [5.41, 5.74) is 2.70. The van der Waals surface area contributed by atoms with Crippen LogP contribution in [0.15, 0.2) is 18.2 Å². The third-order valence-electron chi connectivity index (χ3n) is 4.35. The summed E-state index contributed by atoms with van der Waals surface area (Å²) in [5, 5.41) is 0. The van der Waals surface area contributed by atoms with E-state index in [1.807, 2.05) is 28.0 Å². The molecule has 1 saturated heterocycles. The third-order valence-corrected chi connectivity index (χ3v) is 4.35. The molecule has 0 aliphatic carbocycles. The van der Waals surface area contributed by atoms with Crippen molar-refractivity contribution in [1.29, 1.82) is 0 Å². The van der Waals surface area contributed by atoms with Crippen molar-refractivity contribution in [1.82, 2.24) is 4.90 Å². The fourth-order valence-electron chi connectivity index (χ4n) is 3.26. The van der Waals surface area contributed by atoms with E-state index in [4.69, 9.17) is 0 Å². The predicted molar refractivity (Wildman–Crippen MR) is 82.5 cm³/mol. The largest absolute Gasteiger partial charge is 0.339 e. The van der Waals surface area contributed by atoms with Crippen molar-refractivity contribution in [2.75, 3.05) is 24.5 Å². The average molecular weight is 286 g/mol. The van der Waals surface area contributed by atoms with Crippen molar-refractivity contribution < 1.29 is 9.59 Å². The zero-order chi connectivity index (χ0) is 14.8. The van der Waals surface area contributed by atoms with Crippen LogP contribution in [0, 0.1) is 0 Å². The standard InChI is InChI=1S/C17H22N2O2/c1-2-8-19-15-7-6-13(11-14(15)12-16(19)20)17(21)18-9-4-3-5-10-18/h6-7,11H,2-5,8-10,12H2,1H3. The number of hydrogen-bond acceptors (Lipinski definition) is 2. The molecule has 0 aromatic heterocycles. The van der Waals surface area contributed by atoms with Crippen LogP contribution in [0.4, 0.5) is 5.69 Å². The van der Waals surface area contributed by atoms with Gasteiger partial charge in [-0.05, 0) is 49.4 Å². The van der Waals surface area contributed by atoms with Gasteiger partial charge in [0.05, 0.1) is 6.42 Å². The van der Waals surface area contributed by atoms with E-state index in [9.17, 15) is 9.59 Å². The Labute approximate surface area is 125 Å². The van der Waals surface area contributed by atoms with Crippen LogP contribution in [0.1, 0.15) is 48.5 Å². The van der Waals surface area contributed by atoms with Crippen molar-refractivity contribution >= 4 is 17.5 Å². The summed E-state index contributed by atoms with van der Waals surface area (Å²) in [5.74, 6) is 0.258. The summed E-state index contributed by atoms with van der Waals surface area (Å²) in [7, 11) is 0. The van der Waals surface area contributed by atoms with E-state index in [-0.39, 0.29) is 11.8 Å². The molecule has 2 heterocycles. The number of amides is 2. The van der Waals surface area contributed by atoms with Crippen molar-refractivity contribution in [3.8, 4) is 0 Å². The van der Waals surface area contributed by atoms with E-state index in [0.29, 0.717) is 6.42 Å². The lowest BCUT2D eigenvalue weighted by molar-refractivity contribution is -0.117. The molecule has 4 nitrogen and oxygen atoms in total. The molecule has 0 radical (unpaired) electrons. The predicted octanol–water partition coefficient (Wildman–Crippen LogP) is 2.61. The summed E-state index contributed by atoms with van der Waals surface area (Å²) in [4.78, 5) is 28.3. The van der Waals surface area contributed by atoms with E-state index in [0.717, 1.165) is 55.7 Å². The number of carbonyl (C=O) groups is 2. The fraction of sp³-hybridized carbons (Fsp3) is 0.529. The number of hydrogen-bond donors (Lipinski definition) is 0. The zero-order valence-electron chi connectivity index (χ0n) is 12.6. The molecule has 3 rings (SSSR count). The van der Waals surface area contributed by atoms with Crippen LogP contribution in [0.3, 0.4) is 0 Å². The summed E-state index contributed by atoms with van der Waals surface area (Å²) in [6.07, 6.45) is 4.78. The van der Waals surface area contributed by atoms with Crippen LogP contribution >= 0.6 is 0 Å². The number of likely N-dealkylation sites (tertiary alicyclic amines) is 1. The number of carbonyl (C=O) groups excluding carboxylic acids is 2. The molecule has 2 aliphatic heterocycles. The summed E-state index contributed by atoms with van der Waals surface area (Å²) in [6, 6.07) is 5.73. The Bertz CT molecular complexity index is 562. The summed E-state index contributed by atoms with van der Waals surface area (Å²) < 4.78 is 0. The number of nitrogens with zero attached hydrogens (tertiary/aromatic N) is 2. The van der Waals surface area contributed by atoms with E-state index < -0.39 is 0 Å². The lowest BCUT2D eigenvalue weighted by atomic mass is 10.1. The second kappa shape index (κ2) is 5.88. The maximum atomic E-state index is 12.5. The molecule has 2 amide bonds. The van der Waals surface area contributed by atoms with Gasteiger partial charge in [-0.1, -0.05) is 6.92 Å². The topological polar surface area (TPSA) is 40.6 Å². The Morgan fingerprint density at radius 3 is 2.67 bits per heavy atom. The minimum Gasteiger partial charge on any atom is -0.339 e. The van der Waals surface area contributed by atoms with E-state index in [1.165, 1.54) is 6.42 Å². The molecule has 1 aromatic rings. The van der Waals surface area contributed by atoms with Gasteiger partial charge >= 0.3 is 0 Å². The highest BCUT2D eigenvalue weighted by Crippen LogP contribution is 2.30. The lowest BCUT2D eigenvalue weighted by Crippen LogP contribution is -2.35. The van der Waals surface area contributed by atoms with Gasteiger partial charge in [0.25, 0.3) is 5.91 Å². The molecule has 112 valence electrons. The SMILES string of the molecule is CCCN1C(=O)Cc2cc(C(=O)N3CCCCC3)ccc21. The van der Waals surface area contributed by atoms with E-state index >= 15 is 0 Å². The molecule has 0 saturated carbocycles. The highest BCUT2D eigenvalue weighted by molar-refractivity contribution is 6.03. The first-order valence-electron chi connectivity index (χ1n) is 7.93. The van der Waals surface area contributed by atoms with Gasteiger partial charge in [0.2, 0.25) is 5.91 Å². The number of fused-ring (bicyclic) bond motifs is 1. The highest BCUT2D eigenvalue weighted by atomic mass is 16.2. The van der Waals surface area contributed by atoms with Crippen molar-refractivity contribution in [3.63, 3.8) is 0 Å². The zero-order valence-corrected chi connectivity index (χ0v) is 12.6. The van der Waals surface area contributed by atoms with Crippen molar-refractivity contribution in [2.45, 2.75) is 39.0 Å². The first-order chi connectivity index (χ1) is 10.2. The van der Waals surface area contributed by atoms with Crippen LogP contribution in [-0.4, -0.2) is 36.3 Å². The molecule has 4 heteroatoms. The Hall–Kier alpha value is -1.84. The molecule has 2 aliphatic rings. The first kappa shape index (κ1) is 14.1. The van der Waals surface area contributed by atoms with Crippen molar-refractivity contribution in [2.24, 2.45) is 0 Å². The fourth-order valence-corrected chi connectivity index (χ4v) is 3.26. The number of benzene rings is 1. The molecule has 21 heavy (non-hydrogen) atoms. The monoisotopic (exact) mass is 286 g/mol. The molecule has 0 spiro atoms. The van der Waals surface area contributed by atoms with Gasteiger partial charge in [-0.3, -0.25) is 9.59 Å². The molecule has 0 bridgehead atoms. The summed E-state index contributed by atoms with van der Waals surface area (Å²) >= 11 is 0. The van der Waals surface area contributed by atoms with Crippen LogP contribution in [0.25, 0.3) is 0 Å². The number of anilines is 1. The minimum absolute atomic E-state index is 0.110. The van der Waals surface area contributed by atoms with Crippen LogP contribution in [0.5, 0.6) is 0 Å². The molecule has 0 atom stereocenters. The first-order valence-corrected chi connectivity index (χ1v) is 7.93. The molecule has 1 fully saturated rings. The summed E-state index contributed by atoms with van der Waals surface area (Å²) in [6.45, 7) is 4.54. The number of rotatable bonds is 3. The van der Waals surface area contributed by atoms with Crippen LogP contribution in [0.2, 0.25) is 0 Å². The normalized spacial score (nSPS) is 18.0. The highest BCUT2D eigenvalue weighted by Gasteiger charge is 2.28. The molecule has 0 N–H and O–H groups in total. The minimum atomic E-state index is 0.110. The third kappa shape index (κ3) is 2.67. The van der Waals surface area contributed by atoms with Crippen LogP contribution < -0.4 is 4.90 Å². The smallest absolute Gasteiger partial charge is 0.253 e. The second-order valence-corrected chi connectivity index (χ2v) is 5.92. The van der Waals surface area contributed by atoms with E-state index in [1.54, 1.807) is 0 Å². The van der Waals surface area contributed by atoms with E-state index in [2.05, 4.69) is 6.92 Å². The Morgan fingerprint density at radius 2 is 1.95 bits per heavy atom. The van der Waals surface area contributed by atoms with Gasteiger partial charge in [0.15, 0.2) is 0 Å². The quantitative estimate of drug-likeness (QED) is 0.857. The van der Waals surface area contributed by atoms with Crippen LogP contribution in [-0.2, 0) is 11.2 Å². The van der Waals surface area contributed by atoms with Gasteiger partial charge in [0.1, 0.15) is 0 Å². The Morgan fingerprint density at radius 1 is 1.19 bits per heavy atom. The average Bonchev–Trinajstić information content (AvgIpc) is 2.83. The lowest BCUT2D eigenvalue weighted by Gasteiger charge is -2.27. The molecular weight excluding hydrogens is 264 g/mol. The number of piperidine rings is 1. The Balaban J connectivity index is 1.82. The molecule has 1 aromatic carbocycles. The van der Waals surface area contributed by atoms with Gasteiger partial charge in [-0.2, -0.15) is 0 Å². The van der Waals surface area contributed by atoms with Gasteiger partial charge in [0, 0.05) is 30.9 Å². The van der Waals surface area contributed by atoms with Gasteiger partial charge in [-0.25, -0.2) is 0 Å².